The summed E-state index contributed by atoms with van der Waals surface area (Å²) < 4.78 is 5.34. The van der Waals surface area contributed by atoms with Gasteiger partial charge < -0.3 is 9.64 Å². The Morgan fingerprint density at radius 1 is 1.39 bits per heavy atom. The highest BCUT2D eigenvalue weighted by Crippen LogP contribution is 2.34. The van der Waals surface area contributed by atoms with E-state index in [0.717, 1.165) is 25.4 Å². The van der Waals surface area contributed by atoms with E-state index in [1.54, 1.807) is 0 Å². The molecule has 1 heterocycles. The van der Waals surface area contributed by atoms with Gasteiger partial charge in [0, 0.05) is 20.2 Å². The van der Waals surface area contributed by atoms with E-state index in [1.165, 1.54) is 19.4 Å². The number of nitrogens with zero attached hydrogens (tertiary/aromatic N) is 2. The number of likely N-dealkylation sites (tertiary alicyclic amines) is 1. The Balaban J connectivity index is 1.80. The second-order valence-electron chi connectivity index (χ2n) is 6.39. The van der Waals surface area contributed by atoms with Crippen LogP contribution >= 0.6 is 0 Å². The van der Waals surface area contributed by atoms with Gasteiger partial charge in [0.05, 0.1) is 18.1 Å². The number of nitriles is 1. The lowest BCUT2D eigenvalue weighted by Crippen LogP contribution is -2.46. The van der Waals surface area contributed by atoms with Crippen LogP contribution in [-0.4, -0.2) is 37.7 Å². The maximum absolute atomic E-state index is 9.22. The summed E-state index contributed by atoms with van der Waals surface area (Å²) in [6.45, 7) is 7.94. The van der Waals surface area contributed by atoms with Crippen LogP contribution in [0, 0.1) is 35.0 Å². The quantitative estimate of drug-likeness (QED) is 0.769. The molecule has 2 unspecified atom stereocenters. The molecule has 2 atom stereocenters. The summed E-state index contributed by atoms with van der Waals surface area (Å²) in [4.78, 5) is 2.58. The molecule has 0 bridgehead atoms. The van der Waals surface area contributed by atoms with Crippen molar-refractivity contribution in [2.24, 2.45) is 23.7 Å². The van der Waals surface area contributed by atoms with Gasteiger partial charge in [-0.05, 0) is 43.6 Å². The SMILES string of the molecule is COC1CC(CN2CCC(C#N)C(C(C)C)C2)C1. The molecule has 0 amide bonds. The zero-order valence-electron chi connectivity index (χ0n) is 11.9. The zero-order chi connectivity index (χ0) is 13.1. The van der Waals surface area contributed by atoms with E-state index in [2.05, 4.69) is 24.8 Å². The summed E-state index contributed by atoms with van der Waals surface area (Å²) in [5, 5.41) is 9.22. The molecule has 1 saturated carbocycles. The molecule has 1 aliphatic heterocycles. The van der Waals surface area contributed by atoms with Crippen LogP contribution in [0.15, 0.2) is 0 Å². The summed E-state index contributed by atoms with van der Waals surface area (Å²) in [5.41, 5.74) is 0. The van der Waals surface area contributed by atoms with Crippen molar-refractivity contribution < 1.29 is 4.74 Å². The number of hydrogen-bond donors (Lipinski definition) is 0. The molecule has 3 nitrogen and oxygen atoms in total. The minimum Gasteiger partial charge on any atom is -0.381 e. The predicted octanol–water partition coefficient (Wildman–Crippen LogP) is 2.53. The largest absolute Gasteiger partial charge is 0.381 e. The molecule has 2 aliphatic rings. The highest BCUT2D eigenvalue weighted by Gasteiger charge is 2.35. The first-order chi connectivity index (χ1) is 8.63. The Morgan fingerprint density at radius 2 is 2.11 bits per heavy atom. The molecule has 0 aromatic heterocycles. The van der Waals surface area contributed by atoms with Crippen LogP contribution in [-0.2, 0) is 4.74 Å². The molecule has 102 valence electrons. The highest BCUT2D eigenvalue weighted by molar-refractivity contribution is 4.95. The zero-order valence-corrected chi connectivity index (χ0v) is 11.9. The van der Waals surface area contributed by atoms with E-state index >= 15 is 0 Å². The molecular formula is C15H26N2O. The van der Waals surface area contributed by atoms with Crippen molar-refractivity contribution in [1.82, 2.24) is 4.90 Å². The second-order valence-corrected chi connectivity index (χ2v) is 6.39. The Kier molecular flexibility index (Phi) is 4.64. The van der Waals surface area contributed by atoms with Gasteiger partial charge in [0.15, 0.2) is 0 Å². The van der Waals surface area contributed by atoms with Gasteiger partial charge in [-0.2, -0.15) is 5.26 Å². The third-order valence-electron chi connectivity index (χ3n) is 4.81. The average molecular weight is 250 g/mol. The van der Waals surface area contributed by atoms with Gasteiger partial charge in [0.25, 0.3) is 0 Å². The van der Waals surface area contributed by atoms with Gasteiger partial charge in [0.1, 0.15) is 0 Å². The molecule has 1 saturated heterocycles. The second kappa shape index (κ2) is 6.04. The van der Waals surface area contributed by atoms with Crippen molar-refractivity contribution in [3.05, 3.63) is 0 Å². The summed E-state index contributed by atoms with van der Waals surface area (Å²) in [6, 6.07) is 2.51. The Hall–Kier alpha value is -0.590. The van der Waals surface area contributed by atoms with Crippen LogP contribution in [0.2, 0.25) is 0 Å². The standard InChI is InChI=1S/C15H26N2O/c1-11(2)15-10-17(5-4-13(15)8-16)9-12-6-14(7-12)18-3/h11-15H,4-7,9-10H2,1-3H3. The molecule has 2 rings (SSSR count). The molecule has 1 aliphatic carbocycles. The maximum atomic E-state index is 9.22. The molecule has 0 aromatic rings. The van der Waals surface area contributed by atoms with E-state index in [9.17, 15) is 5.26 Å². The fraction of sp³-hybridized carbons (Fsp3) is 0.933. The van der Waals surface area contributed by atoms with Crippen molar-refractivity contribution >= 4 is 0 Å². The van der Waals surface area contributed by atoms with E-state index in [-0.39, 0.29) is 5.92 Å². The first-order valence-electron chi connectivity index (χ1n) is 7.28. The van der Waals surface area contributed by atoms with Gasteiger partial charge in [-0.1, -0.05) is 13.8 Å². The molecule has 0 radical (unpaired) electrons. The fourth-order valence-corrected chi connectivity index (χ4v) is 3.44. The van der Waals surface area contributed by atoms with Gasteiger partial charge >= 0.3 is 0 Å². The van der Waals surface area contributed by atoms with Crippen molar-refractivity contribution in [2.45, 2.75) is 39.2 Å². The van der Waals surface area contributed by atoms with Crippen LogP contribution in [0.4, 0.5) is 0 Å². The lowest BCUT2D eigenvalue weighted by Gasteiger charge is -2.42. The van der Waals surface area contributed by atoms with Crippen LogP contribution < -0.4 is 0 Å². The van der Waals surface area contributed by atoms with Gasteiger partial charge in [-0.25, -0.2) is 0 Å². The minimum atomic E-state index is 0.273. The lowest BCUT2D eigenvalue weighted by molar-refractivity contribution is -0.0187. The third kappa shape index (κ3) is 3.05. The van der Waals surface area contributed by atoms with Crippen LogP contribution in [0.3, 0.4) is 0 Å². The number of hydrogen-bond acceptors (Lipinski definition) is 3. The van der Waals surface area contributed by atoms with Crippen LogP contribution in [0.25, 0.3) is 0 Å². The van der Waals surface area contributed by atoms with E-state index in [0.29, 0.717) is 17.9 Å². The molecular weight excluding hydrogens is 224 g/mol. The Labute approximate surface area is 111 Å². The van der Waals surface area contributed by atoms with E-state index in [4.69, 9.17) is 4.74 Å². The van der Waals surface area contributed by atoms with Crippen molar-refractivity contribution in [2.75, 3.05) is 26.7 Å². The van der Waals surface area contributed by atoms with Crippen molar-refractivity contribution in [3.8, 4) is 6.07 Å². The molecule has 3 heteroatoms. The Bertz CT molecular complexity index is 304. The lowest BCUT2D eigenvalue weighted by atomic mass is 9.77. The Morgan fingerprint density at radius 3 is 2.67 bits per heavy atom. The predicted molar refractivity (Wildman–Crippen MR) is 72.0 cm³/mol. The fourth-order valence-electron chi connectivity index (χ4n) is 3.44. The minimum absolute atomic E-state index is 0.273. The highest BCUT2D eigenvalue weighted by atomic mass is 16.5. The van der Waals surface area contributed by atoms with E-state index in [1.807, 2.05) is 7.11 Å². The number of rotatable bonds is 4. The summed E-state index contributed by atoms with van der Waals surface area (Å²) in [5.74, 6) is 2.27. The molecule has 18 heavy (non-hydrogen) atoms. The van der Waals surface area contributed by atoms with Gasteiger partial charge in [-0.3, -0.25) is 0 Å². The monoisotopic (exact) mass is 250 g/mol. The molecule has 0 N–H and O–H groups in total. The number of ether oxygens (including phenoxy) is 1. The van der Waals surface area contributed by atoms with Gasteiger partial charge in [-0.15, -0.1) is 0 Å². The van der Waals surface area contributed by atoms with Gasteiger partial charge in [0.2, 0.25) is 0 Å². The normalized spacial score (nSPS) is 37.3. The van der Waals surface area contributed by atoms with Crippen LogP contribution in [0.5, 0.6) is 0 Å². The average Bonchev–Trinajstić information content (AvgIpc) is 2.32. The maximum Gasteiger partial charge on any atom is 0.0659 e. The summed E-state index contributed by atoms with van der Waals surface area (Å²) in [7, 11) is 1.81. The molecule has 0 spiro atoms. The third-order valence-corrected chi connectivity index (χ3v) is 4.81. The number of piperidine rings is 1. The van der Waals surface area contributed by atoms with Crippen molar-refractivity contribution in [1.29, 1.82) is 5.26 Å². The van der Waals surface area contributed by atoms with Crippen molar-refractivity contribution in [3.63, 3.8) is 0 Å². The van der Waals surface area contributed by atoms with Crippen LogP contribution in [0.1, 0.15) is 33.1 Å². The topological polar surface area (TPSA) is 36.3 Å². The first kappa shape index (κ1) is 13.8. The van der Waals surface area contributed by atoms with E-state index < -0.39 is 0 Å². The smallest absolute Gasteiger partial charge is 0.0659 e. The molecule has 2 fully saturated rings. The molecule has 0 aromatic carbocycles. The first-order valence-corrected chi connectivity index (χ1v) is 7.28. The number of methoxy groups -OCH3 is 1. The summed E-state index contributed by atoms with van der Waals surface area (Å²) >= 11 is 0. The summed E-state index contributed by atoms with van der Waals surface area (Å²) in [6.07, 6.45) is 4.01.